The Kier molecular flexibility index (Phi) is 4.76. The highest BCUT2D eigenvalue weighted by molar-refractivity contribution is 6.14. The smallest absolute Gasteiger partial charge is 0.318 e. The van der Waals surface area contributed by atoms with Gasteiger partial charge in [0.05, 0.1) is 6.61 Å². The highest BCUT2D eigenvalue weighted by Crippen LogP contribution is 2.44. The van der Waals surface area contributed by atoms with Gasteiger partial charge < -0.3 is 9.47 Å². The number of rotatable bonds is 4. The molecule has 0 aromatic heterocycles. The van der Waals surface area contributed by atoms with E-state index in [2.05, 4.69) is 6.58 Å². The number of ketones is 1. The lowest BCUT2D eigenvalue weighted by atomic mass is 9.86. The molecular formula is C19H24O4. The number of methoxy groups -OCH3 is 1. The SMILES string of the molecule is C=C(C)[C@@H]1c2cccc(COC)c2C(=O)[C@H]1C(=O)OC(C)(C)C. The molecular weight excluding hydrogens is 292 g/mol. The molecule has 0 saturated heterocycles. The van der Waals surface area contributed by atoms with Gasteiger partial charge in [-0.2, -0.15) is 0 Å². The third kappa shape index (κ3) is 3.37. The van der Waals surface area contributed by atoms with Crippen LogP contribution in [-0.2, 0) is 20.9 Å². The second-order valence-electron chi connectivity index (χ2n) is 7.01. The van der Waals surface area contributed by atoms with Crippen LogP contribution in [0.15, 0.2) is 30.4 Å². The average Bonchev–Trinajstić information content (AvgIpc) is 2.72. The Labute approximate surface area is 137 Å². The van der Waals surface area contributed by atoms with E-state index >= 15 is 0 Å². The standard InChI is InChI=1S/C19H24O4/c1-11(2)14-13-9-7-8-12(10-22-6)15(13)17(20)16(14)18(21)23-19(3,4)5/h7-9,14,16H,1,10H2,2-6H3/t14-,16+/m1/s1. The Morgan fingerprint density at radius 2 is 1.91 bits per heavy atom. The van der Waals surface area contributed by atoms with Crippen molar-refractivity contribution in [3.05, 3.63) is 47.0 Å². The normalized spacial score (nSPS) is 20.3. The average molecular weight is 316 g/mol. The van der Waals surface area contributed by atoms with Gasteiger partial charge in [-0.1, -0.05) is 30.4 Å². The van der Waals surface area contributed by atoms with Crippen LogP contribution in [0.2, 0.25) is 0 Å². The summed E-state index contributed by atoms with van der Waals surface area (Å²) in [4.78, 5) is 25.5. The predicted octanol–water partition coefficient (Wildman–Crippen LogP) is 3.65. The van der Waals surface area contributed by atoms with Gasteiger partial charge in [0.1, 0.15) is 11.5 Å². The fraction of sp³-hybridized carbons (Fsp3) is 0.474. The van der Waals surface area contributed by atoms with Gasteiger partial charge in [0.25, 0.3) is 0 Å². The van der Waals surface area contributed by atoms with Crippen molar-refractivity contribution >= 4 is 11.8 Å². The Bertz CT molecular complexity index is 652. The van der Waals surface area contributed by atoms with Gasteiger partial charge in [-0.25, -0.2) is 0 Å². The first-order chi connectivity index (χ1) is 10.7. The van der Waals surface area contributed by atoms with Gasteiger partial charge in [0, 0.05) is 18.6 Å². The fourth-order valence-corrected chi connectivity index (χ4v) is 3.10. The predicted molar refractivity (Wildman–Crippen MR) is 88.4 cm³/mol. The quantitative estimate of drug-likeness (QED) is 0.483. The van der Waals surface area contributed by atoms with E-state index in [0.29, 0.717) is 12.2 Å². The summed E-state index contributed by atoms with van der Waals surface area (Å²) in [5.74, 6) is -1.89. The molecule has 0 fully saturated rings. The molecule has 4 nitrogen and oxygen atoms in total. The van der Waals surface area contributed by atoms with E-state index in [9.17, 15) is 9.59 Å². The number of carbonyl (C=O) groups excluding carboxylic acids is 2. The molecule has 124 valence electrons. The zero-order valence-corrected chi connectivity index (χ0v) is 14.4. The van der Waals surface area contributed by atoms with Gasteiger partial charge in [-0.05, 0) is 38.8 Å². The first-order valence-corrected chi connectivity index (χ1v) is 7.70. The maximum atomic E-state index is 12.9. The lowest BCUT2D eigenvalue weighted by molar-refractivity contribution is -0.158. The summed E-state index contributed by atoms with van der Waals surface area (Å²) in [6.07, 6.45) is 0. The van der Waals surface area contributed by atoms with E-state index in [-0.39, 0.29) is 11.7 Å². The molecule has 1 aliphatic rings. The Balaban J connectivity index is 2.50. The number of carbonyl (C=O) groups is 2. The van der Waals surface area contributed by atoms with Crippen molar-refractivity contribution < 1.29 is 19.1 Å². The van der Waals surface area contributed by atoms with Crippen LogP contribution in [0.5, 0.6) is 0 Å². The lowest BCUT2D eigenvalue weighted by Gasteiger charge is -2.24. The van der Waals surface area contributed by atoms with E-state index in [1.165, 1.54) is 0 Å². The van der Waals surface area contributed by atoms with E-state index in [0.717, 1.165) is 16.7 Å². The Morgan fingerprint density at radius 3 is 2.43 bits per heavy atom. The molecule has 0 heterocycles. The summed E-state index contributed by atoms with van der Waals surface area (Å²) in [5.41, 5.74) is 2.36. The van der Waals surface area contributed by atoms with Crippen LogP contribution >= 0.6 is 0 Å². The topological polar surface area (TPSA) is 52.6 Å². The molecule has 4 heteroatoms. The molecule has 0 N–H and O–H groups in total. The van der Waals surface area contributed by atoms with Crippen molar-refractivity contribution in [1.29, 1.82) is 0 Å². The van der Waals surface area contributed by atoms with Crippen molar-refractivity contribution in [3.63, 3.8) is 0 Å². The second-order valence-corrected chi connectivity index (χ2v) is 7.01. The molecule has 0 bridgehead atoms. The van der Waals surface area contributed by atoms with Gasteiger partial charge in [-0.15, -0.1) is 0 Å². The van der Waals surface area contributed by atoms with Gasteiger partial charge in [0.15, 0.2) is 5.78 Å². The van der Waals surface area contributed by atoms with Crippen LogP contribution in [0.25, 0.3) is 0 Å². The summed E-state index contributed by atoms with van der Waals surface area (Å²) in [5, 5.41) is 0. The van der Waals surface area contributed by atoms with Gasteiger partial charge in [0.2, 0.25) is 0 Å². The summed E-state index contributed by atoms with van der Waals surface area (Å²) in [6.45, 7) is 11.5. The molecule has 0 radical (unpaired) electrons. The Hall–Kier alpha value is -1.94. The summed E-state index contributed by atoms with van der Waals surface area (Å²) < 4.78 is 10.7. The number of esters is 1. The van der Waals surface area contributed by atoms with Crippen molar-refractivity contribution in [1.82, 2.24) is 0 Å². The largest absolute Gasteiger partial charge is 0.459 e. The van der Waals surface area contributed by atoms with Crippen LogP contribution in [0.1, 0.15) is 55.1 Å². The van der Waals surface area contributed by atoms with E-state index in [4.69, 9.17) is 9.47 Å². The number of ether oxygens (including phenoxy) is 2. The second kappa shape index (κ2) is 6.28. The van der Waals surface area contributed by atoms with Crippen molar-refractivity contribution in [2.24, 2.45) is 5.92 Å². The first-order valence-electron chi connectivity index (χ1n) is 7.70. The first kappa shape index (κ1) is 17.4. The van der Waals surface area contributed by atoms with E-state index in [1.54, 1.807) is 27.9 Å². The van der Waals surface area contributed by atoms with Crippen molar-refractivity contribution in [2.75, 3.05) is 7.11 Å². The molecule has 2 rings (SSSR count). The van der Waals surface area contributed by atoms with Gasteiger partial charge in [-0.3, -0.25) is 9.59 Å². The van der Waals surface area contributed by atoms with Crippen LogP contribution < -0.4 is 0 Å². The number of allylic oxidation sites excluding steroid dienone is 1. The fourth-order valence-electron chi connectivity index (χ4n) is 3.10. The molecule has 1 aliphatic carbocycles. The van der Waals surface area contributed by atoms with E-state index < -0.39 is 17.5 Å². The minimum atomic E-state index is -0.861. The zero-order chi connectivity index (χ0) is 17.4. The minimum absolute atomic E-state index is 0.199. The zero-order valence-electron chi connectivity index (χ0n) is 14.4. The van der Waals surface area contributed by atoms with Crippen LogP contribution in [-0.4, -0.2) is 24.5 Å². The highest BCUT2D eigenvalue weighted by atomic mass is 16.6. The maximum absolute atomic E-state index is 12.9. The summed E-state index contributed by atoms with van der Waals surface area (Å²) in [6, 6.07) is 5.62. The van der Waals surface area contributed by atoms with Crippen LogP contribution in [0.3, 0.4) is 0 Å². The molecule has 0 aliphatic heterocycles. The highest BCUT2D eigenvalue weighted by Gasteiger charge is 2.47. The summed E-state index contributed by atoms with van der Waals surface area (Å²) >= 11 is 0. The molecule has 1 aromatic rings. The Morgan fingerprint density at radius 1 is 1.26 bits per heavy atom. The molecule has 0 amide bonds. The molecule has 0 unspecified atom stereocenters. The lowest BCUT2D eigenvalue weighted by Crippen LogP contribution is -2.33. The molecule has 23 heavy (non-hydrogen) atoms. The molecule has 2 atom stereocenters. The number of hydrogen-bond donors (Lipinski definition) is 0. The number of fused-ring (bicyclic) bond motifs is 1. The van der Waals surface area contributed by atoms with Crippen LogP contribution in [0.4, 0.5) is 0 Å². The van der Waals surface area contributed by atoms with Crippen molar-refractivity contribution in [3.8, 4) is 0 Å². The minimum Gasteiger partial charge on any atom is -0.459 e. The number of Topliss-reactive ketones (excluding diaryl/α,β-unsaturated/α-hetero) is 1. The van der Waals surface area contributed by atoms with Gasteiger partial charge >= 0.3 is 5.97 Å². The molecule has 0 saturated carbocycles. The number of benzene rings is 1. The van der Waals surface area contributed by atoms with Crippen LogP contribution in [0, 0.1) is 5.92 Å². The monoisotopic (exact) mass is 316 g/mol. The van der Waals surface area contributed by atoms with E-state index in [1.807, 2.05) is 25.1 Å². The number of hydrogen-bond acceptors (Lipinski definition) is 4. The maximum Gasteiger partial charge on any atom is 0.318 e. The third-order valence-electron chi connectivity index (χ3n) is 3.87. The molecule has 1 aromatic carbocycles. The third-order valence-corrected chi connectivity index (χ3v) is 3.87. The molecule has 0 spiro atoms. The van der Waals surface area contributed by atoms with Crippen molar-refractivity contribution in [2.45, 2.75) is 45.8 Å². The summed E-state index contributed by atoms with van der Waals surface area (Å²) in [7, 11) is 1.58.